The summed E-state index contributed by atoms with van der Waals surface area (Å²) in [5.74, 6) is 0.521. The molecule has 1 aliphatic rings. The molecule has 0 bridgehead atoms. The molecule has 1 N–H and O–H groups in total. The number of carbonyl (C=O) groups is 1. The van der Waals surface area contributed by atoms with Crippen molar-refractivity contribution in [2.45, 2.75) is 32.3 Å². The van der Waals surface area contributed by atoms with Gasteiger partial charge in [-0.3, -0.25) is 9.13 Å². The second-order valence-electron chi connectivity index (χ2n) is 6.95. The average Bonchev–Trinajstić information content (AvgIpc) is 2.89. The molecular formula is C19H28N4O4. The van der Waals surface area contributed by atoms with E-state index in [1.54, 1.807) is 47.4 Å². The Morgan fingerprint density at radius 3 is 2.63 bits per heavy atom. The van der Waals surface area contributed by atoms with Gasteiger partial charge in [-0.05, 0) is 25.3 Å². The number of rotatable bonds is 5. The molecule has 0 unspecified atom stereocenters. The minimum Gasteiger partial charge on any atom is -0.494 e. The quantitative estimate of drug-likeness (QED) is 0.869. The van der Waals surface area contributed by atoms with Gasteiger partial charge in [0.05, 0.1) is 29.9 Å². The van der Waals surface area contributed by atoms with Gasteiger partial charge in [-0.1, -0.05) is 6.92 Å². The van der Waals surface area contributed by atoms with Crippen LogP contribution in [0.2, 0.25) is 0 Å². The zero-order valence-corrected chi connectivity index (χ0v) is 16.4. The van der Waals surface area contributed by atoms with E-state index in [4.69, 9.17) is 9.47 Å². The molecule has 2 aromatic rings. The zero-order valence-electron chi connectivity index (χ0n) is 16.4. The molecule has 0 aliphatic carbocycles. The van der Waals surface area contributed by atoms with Crippen molar-refractivity contribution >= 4 is 22.8 Å². The topological polar surface area (TPSA) is 77.7 Å². The van der Waals surface area contributed by atoms with E-state index in [0.717, 1.165) is 30.3 Å². The van der Waals surface area contributed by atoms with Gasteiger partial charge >= 0.3 is 11.7 Å². The summed E-state index contributed by atoms with van der Waals surface area (Å²) in [6.07, 6.45) is 2.95. The van der Waals surface area contributed by atoms with Crippen molar-refractivity contribution in [3.8, 4) is 5.75 Å². The number of amides is 2. The van der Waals surface area contributed by atoms with Crippen LogP contribution < -0.4 is 15.7 Å². The standard InChI is InChI=1S/C19H28N4O4/c1-5-9-27-13-7-6-8-23(12-13)18(24)20-14-10-15-16(11-17(14)26-4)22(3)19(25)21(15)2/h10-11,13H,5-9,12H2,1-4H3,(H,20,24)/t13-/m0/s1. The van der Waals surface area contributed by atoms with Gasteiger partial charge in [-0.25, -0.2) is 9.59 Å². The Labute approximate surface area is 158 Å². The maximum Gasteiger partial charge on any atom is 0.328 e. The van der Waals surface area contributed by atoms with Crippen molar-refractivity contribution < 1.29 is 14.3 Å². The van der Waals surface area contributed by atoms with E-state index >= 15 is 0 Å². The summed E-state index contributed by atoms with van der Waals surface area (Å²) in [4.78, 5) is 26.7. The number of urea groups is 1. The van der Waals surface area contributed by atoms with E-state index in [1.807, 2.05) is 0 Å². The summed E-state index contributed by atoms with van der Waals surface area (Å²) in [5, 5.41) is 2.94. The normalized spacial score (nSPS) is 17.3. The Morgan fingerprint density at radius 2 is 1.96 bits per heavy atom. The highest BCUT2D eigenvalue weighted by Crippen LogP contribution is 2.30. The number of ether oxygens (including phenoxy) is 2. The van der Waals surface area contributed by atoms with Crippen LogP contribution in [0.5, 0.6) is 5.75 Å². The first kappa shape index (κ1) is 19.3. The molecule has 27 heavy (non-hydrogen) atoms. The third-order valence-corrected chi connectivity index (χ3v) is 5.06. The molecule has 1 saturated heterocycles. The number of piperidine rings is 1. The Bertz CT molecular complexity index is 886. The van der Waals surface area contributed by atoms with Crippen LogP contribution in [0.15, 0.2) is 16.9 Å². The number of benzene rings is 1. The zero-order chi connectivity index (χ0) is 19.6. The summed E-state index contributed by atoms with van der Waals surface area (Å²) in [6, 6.07) is 3.37. The van der Waals surface area contributed by atoms with Crippen molar-refractivity contribution in [3.05, 3.63) is 22.6 Å². The fraction of sp³-hybridized carbons (Fsp3) is 0.579. The molecule has 1 aromatic heterocycles. The smallest absolute Gasteiger partial charge is 0.328 e. The van der Waals surface area contributed by atoms with Gasteiger partial charge in [0, 0.05) is 39.9 Å². The Hall–Kier alpha value is -2.48. The molecule has 1 atom stereocenters. The predicted octanol–water partition coefficient (Wildman–Crippen LogP) is 2.31. The van der Waals surface area contributed by atoms with Crippen LogP contribution in [0, 0.1) is 0 Å². The highest BCUT2D eigenvalue weighted by Gasteiger charge is 2.25. The summed E-state index contributed by atoms with van der Waals surface area (Å²) in [6.45, 7) is 4.08. The lowest BCUT2D eigenvalue weighted by Crippen LogP contribution is -2.45. The van der Waals surface area contributed by atoms with Crippen LogP contribution in [-0.4, -0.2) is 53.0 Å². The number of nitrogens with one attached hydrogen (secondary N) is 1. The monoisotopic (exact) mass is 376 g/mol. The number of hydrogen-bond acceptors (Lipinski definition) is 4. The largest absolute Gasteiger partial charge is 0.494 e. The van der Waals surface area contributed by atoms with Crippen molar-refractivity contribution in [2.75, 3.05) is 32.1 Å². The van der Waals surface area contributed by atoms with Gasteiger partial charge in [0.15, 0.2) is 0 Å². The molecule has 3 rings (SSSR count). The maximum atomic E-state index is 12.8. The second-order valence-corrected chi connectivity index (χ2v) is 6.95. The van der Waals surface area contributed by atoms with Crippen molar-refractivity contribution in [2.24, 2.45) is 14.1 Å². The van der Waals surface area contributed by atoms with Gasteiger partial charge in [0.1, 0.15) is 5.75 Å². The van der Waals surface area contributed by atoms with Crippen molar-refractivity contribution in [1.82, 2.24) is 14.0 Å². The number of aryl methyl sites for hydroxylation is 2. The number of hydrogen-bond donors (Lipinski definition) is 1. The molecule has 0 radical (unpaired) electrons. The number of likely N-dealkylation sites (tertiary alicyclic amines) is 1. The molecule has 0 spiro atoms. The summed E-state index contributed by atoms with van der Waals surface area (Å²) >= 11 is 0. The van der Waals surface area contributed by atoms with Gasteiger partial charge < -0.3 is 19.7 Å². The van der Waals surface area contributed by atoms with Crippen LogP contribution in [-0.2, 0) is 18.8 Å². The number of methoxy groups -OCH3 is 1. The first-order chi connectivity index (χ1) is 13.0. The van der Waals surface area contributed by atoms with Gasteiger partial charge in [-0.15, -0.1) is 0 Å². The van der Waals surface area contributed by atoms with E-state index in [0.29, 0.717) is 31.1 Å². The Kier molecular flexibility index (Phi) is 5.74. The van der Waals surface area contributed by atoms with Crippen LogP contribution in [0.4, 0.5) is 10.5 Å². The molecule has 1 aromatic carbocycles. The summed E-state index contributed by atoms with van der Waals surface area (Å²) in [5.41, 5.74) is 1.92. The number of aromatic nitrogens is 2. The molecule has 8 heteroatoms. The van der Waals surface area contributed by atoms with Gasteiger partial charge in [0.25, 0.3) is 0 Å². The van der Waals surface area contributed by atoms with Crippen LogP contribution >= 0.6 is 0 Å². The van der Waals surface area contributed by atoms with E-state index in [1.165, 1.54) is 0 Å². The van der Waals surface area contributed by atoms with Crippen LogP contribution in [0.3, 0.4) is 0 Å². The Morgan fingerprint density at radius 1 is 1.26 bits per heavy atom. The number of carbonyl (C=O) groups excluding carboxylic acids is 1. The molecule has 1 fully saturated rings. The van der Waals surface area contributed by atoms with Crippen molar-refractivity contribution in [3.63, 3.8) is 0 Å². The third kappa shape index (κ3) is 3.80. The SMILES string of the molecule is CCCO[C@H]1CCCN(C(=O)Nc2cc3c(cc2OC)n(C)c(=O)n3C)C1. The maximum absolute atomic E-state index is 12.8. The number of anilines is 1. The summed E-state index contributed by atoms with van der Waals surface area (Å²) < 4.78 is 14.4. The van der Waals surface area contributed by atoms with Crippen molar-refractivity contribution in [1.29, 1.82) is 0 Å². The van der Waals surface area contributed by atoms with E-state index in [2.05, 4.69) is 12.2 Å². The minimum absolute atomic E-state index is 0.0868. The number of imidazole rings is 1. The first-order valence-corrected chi connectivity index (χ1v) is 9.37. The predicted molar refractivity (Wildman–Crippen MR) is 105 cm³/mol. The first-order valence-electron chi connectivity index (χ1n) is 9.37. The van der Waals surface area contributed by atoms with E-state index in [-0.39, 0.29) is 17.8 Å². The molecule has 2 heterocycles. The highest BCUT2D eigenvalue weighted by molar-refractivity contribution is 5.94. The van der Waals surface area contributed by atoms with Gasteiger partial charge in [-0.2, -0.15) is 0 Å². The van der Waals surface area contributed by atoms with E-state index in [9.17, 15) is 9.59 Å². The number of nitrogens with zero attached hydrogens (tertiary/aromatic N) is 3. The minimum atomic E-state index is -0.182. The average molecular weight is 376 g/mol. The molecular weight excluding hydrogens is 348 g/mol. The highest BCUT2D eigenvalue weighted by atomic mass is 16.5. The Balaban J connectivity index is 1.82. The van der Waals surface area contributed by atoms with Crippen LogP contribution in [0.25, 0.3) is 11.0 Å². The fourth-order valence-electron chi connectivity index (χ4n) is 3.53. The molecule has 148 valence electrons. The fourth-order valence-corrected chi connectivity index (χ4v) is 3.53. The van der Waals surface area contributed by atoms with E-state index < -0.39 is 0 Å². The lowest BCUT2D eigenvalue weighted by atomic mass is 10.1. The molecule has 1 aliphatic heterocycles. The number of fused-ring (bicyclic) bond motifs is 1. The summed E-state index contributed by atoms with van der Waals surface area (Å²) in [7, 11) is 4.98. The lowest BCUT2D eigenvalue weighted by molar-refractivity contribution is 0.0115. The molecule has 8 nitrogen and oxygen atoms in total. The third-order valence-electron chi connectivity index (χ3n) is 5.06. The second kappa shape index (κ2) is 8.04. The molecule has 2 amide bonds. The lowest BCUT2D eigenvalue weighted by Gasteiger charge is -2.32. The van der Waals surface area contributed by atoms with Gasteiger partial charge in [0.2, 0.25) is 0 Å². The van der Waals surface area contributed by atoms with Crippen LogP contribution in [0.1, 0.15) is 26.2 Å². The molecule has 0 saturated carbocycles.